The Balaban J connectivity index is 2.52. The molecule has 24 heavy (non-hydrogen) atoms. The van der Waals surface area contributed by atoms with E-state index in [4.69, 9.17) is 21.1 Å². The number of carbonyl (C=O) groups is 2. The SMILES string of the molecule is CC(=O)Oc1ccc(OC(C)=O)c2cc(CC(O)C(O)Cl)ccc12. The number of hydrogen-bond donors (Lipinski definition) is 2. The molecule has 2 N–H and O–H groups in total. The normalized spacial score (nSPS) is 13.4. The molecule has 2 aromatic carbocycles. The molecule has 0 bridgehead atoms. The third kappa shape index (κ3) is 4.44. The van der Waals surface area contributed by atoms with Gasteiger partial charge in [0.2, 0.25) is 0 Å². The lowest BCUT2D eigenvalue weighted by molar-refractivity contribution is -0.132. The maximum atomic E-state index is 11.3. The van der Waals surface area contributed by atoms with E-state index < -0.39 is 23.6 Å². The Kier molecular flexibility index (Phi) is 5.77. The maximum absolute atomic E-state index is 11.3. The van der Waals surface area contributed by atoms with Crippen LogP contribution in [0.1, 0.15) is 19.4 Å². The largest absolute Gasteiger partial charge is 0.426 e. The van der Waals surface area contributed by atoms with Crippen molar-refractivity contribution in [2.24, 2.45) is 0 Å². The summed E-state index contributed by atoms with van der Waals surface area (Å²) in [6.45, 7) is 2.57. The molecular weight excluding hydrogens is 336 g/mol. The van der Waals surface area contributed by atoms with Crippen LogP contribution in [-0.2, 0) is 16.0 Å². The van der Waals surface area contributed by atoms with Crippen LogP contribution in [0.4, 0.5) is 0 Å². The summed E-state index contributed by atoms with van der Waals surface area (Å²) in [5.41, 5.74) is -0.718. The molecule has 128 valence electrons. The van der Waals surface area contributed by atoms with Crippen LogP contribution in [0.2, 0.25) is 0 Å². The number of hydrogen-bond acceptors (Lipinski definition) is 6. The van der Waals surface area contributed by atoms with Crippen LogP contribution in [0.15, 0.2) is 30.3 Å². The fourth-order valence-electron chi connectivity index (χ4n) is 2.29. The first-order chi connectivity index (χ1) is 11.3. The molecule has 0 saturated heterocycles. The molecule has 0 aliphatic rings. The van der Waals surface area contributed by atoms with E-state index in [0.29, 0.717) is 27.8 Å². The second kappa shape index (κ2) is 7.61. The second-order valence-electron chi connectivity index (χ2n) is 5.27. The molecule has 7 heteroatoms. The van der Waals surface area contributed by atoms with Crippen molar-refractivity contribution in [1.82, 2.24) is 0 Å². The molecule has 0 fully saturated rings. The maximum Gasteiger partial charge on any atom is 0.308 e. The Morgan fingerprint density at radius 2 is 1.54 bits per heavy atom. The van der Waals surface area contributed by atoms with Crippen LogP contribution >= 0.6 is 11.6 Å². The zero-order valence-electron chi connectivity index (χ0n) is 13.2. The summed E-state index contributed by atoms with van der Waals surface area (Å²) >= 11 is 5.46. The van der Waals surface area contributed by atoms with Gasteiger partial charge in [-0.3, -0.25) is 9.59 Å². The predicted molar refractivity (Wildman–Crippen MR) is 88.1 cm³/mol. The fraction of sp³-hybridized carbons (Fsp3) is 0.294. The number of halogens is 1. The van der Waals surface area contributed by atoms with Gasteiger partial charge in [-0.1, -0.05) is 23.7 Å². The third-order valence-corrected chi connectivity index (χ3v) is 3.56. The lowest BCUT2D eigenvalue weighted by Crippen LogP contribution is -2.22. The van der Waals surface area contributed by atoms with E-state index >= 15 is 0 Å². The van der Waals surface area contributed by atoms with Crippen molar-refractivity contribution in [1.29, 1.82) is 0 Å². The Labute approximate surface area is 143 Å². The molecule has 2 unspecified atom stereocenters. The van der Waals surface area contributed by atoms with Crippen LogP contribution in [0.5, 0.6) is 11.5 Å². The lowest BCUT2D eigenvalue weighted by atomic mass is 10.0. The Bertz CT molecular complexity index is 771. The van der Waals surface area contributed by atoms with Gasteiger partial charge in [-0.25, -0.2) is 0 Å². The van der Waals surface area contributed by atoms with Crippen LogP contribution in [0.3, 0.4) is 0 Å². The van der Waals surface area contributed by atoms with Crippen molar-refractivity contribution in [3.8, 4) is 11.5 Å². The van der Waals surface area contributed by atoms with Crippen LogP contribution < -0.4 is 9.47 Å². The van der Waals surface area contributed by atoms with Gasteiger partial charge < -0.3 is 19.7 Å². The van der Waals surface area contributed by atoms with E-state index in [1.165, 1.54) is 19.9 Å². The summed E-state index contributed by atoms with van der Waals surface area (Å²) in [5, 5.41) is 20.0. The molecule has 0 aliphatic heterocycles. The first-order valence-corrected chi connectivity index (χ1v) is 7.64. The van der Waals surface area contributed by atoms with Gasteiger partial charge in [0.15, 0.2) is 5.56 Å². The van der Waals surface area contributed by atoms with Crippen molar-refractivity contribution in [2.75, 3.05) is 0 Å². The van der Waals surface area contributed by atoms with Crippen LogP contribution in [0, 0.1) is 0 Å². The summed E-state index contributed by atoms with van der Waals surface area (Å²) < 4.78 is 10.3. The molecule has 0 amide bonds. The topological polar surface area (TPSA) is 93.1 Å². The molecule has 0 aliphatic carbocycles. The highest BCUT2D eigenvalue weighted by Crippen LogP contribution is 2.34. The van der Waals surface area contributed by atoms with E-state index in [1.54, 1.807) is 24.3 Å². The zero-order chi connectivity index (χ0) is 17.9. The average molecular weight is 353 g/mol. The van der Waals surface area contributed by atoms with E-state index in [9.17, 15) is 19.8 Å². The smallest absolute Gasteiger partial charge is 0.308 e. The van der Waals surface area contributed by atoms with E-state index in [0.717, 1.165) is 0 Å². The molecule has 0 aromatic heterocycles. The van der Waals surface area contributed by atoms with Crippen molar-refractivity contribution in [3.63, 3.8) is 0 Å². The highest BCUT2D eigenvalue weighted by Gasteiger charge is 2.16. The van der Waals surface area contributed by atoms with Crippen molar-refractivity contribution in [3.05, 3.63) is 35.9 Å². The first kappa shape index (κ1) is 18.2. The predicted octanol–water partition coefficient (Wildman–Crippen LogP) is 2.15. The number of esters is 2. The Morgan fingerprint density at radius 1 is 1.00 bits per heavy atom. The number of fused-ring (bicyclic) bond motifs is 1. The summed E-state index contributed by atoms with van der Waals surface area (Å²) in [7, 11) is 0. The molecule has 2 atom stereocenters. The zero-order valence-corrected chi connectivity index (χ0v) is 13.9. The molecule has 0 saturated carbocycles. The van der Waals surface area contributed by atoms with Crippen molar-refractivity contribution < 1.29 is 29.3 Å². The van der Waals surface area contributed by atoms with Gasteiger partial charge in [0.25, 0.3) is 0 Å². The molecule has 0 radical (unpaired) electrons. The van der Waals surface area contributed by atoms with Gasteiger partial charge in [-0.05, 0) is 23.8 Å². The molecule has 0 heterocycles. The number of carbonyl (C=O) groups excluding carboxylic acids is 2. The first-order valence-electron chi connectivity index (χ1n) is 7.20. The number of alkyl halides is 1. The second-order valence-corrected chi connectivity index (χ2v) is 5.72. The molecule has 6 nitrogen and oxygen atoms in total. The van der Waals surface area contributed by atoms with E-state index in [2.05, 4.69) is 0 Å². The molecule has 2 rings (SSSR count). The van der Waals surface area contributed by atoms with E-state index in [-0.39, 0.29) is 6.42 Å². The van der Waals surface area contributed by atoms with Gasteiger partial charge in [0.1, 0.15) is 11.5 Å². The Hall–Kier alpha value is -2.15. The summed E-state index contributed by atoms with van der Waals surface area (Å²) in [6, 6.07) is 8.14. The summed E-state index contributed by atoms with van der Waals surface area (Å²) in [6.07, 6.45) is -1.03. The number of aliphatic hydroxyl groups excluding tert-OH is 2. The van der Waals surface area contributed by atoms with Crippen LogP contribution in [0.25, 0.3) is 10.8 Å². The van der Waals surface area contributed by atoms with Crippen molar-refractivity contribution in [2.45, 2.75) is 31.9 Å². The van der Waals surface area contributed by atoms with Crippen molar-refractivity contribution >= 4 is 34.3 Å². The summed E-state index contributed by atoms with van der Waals surface area (Å²) in [5.74, 6) is -0.325. The molecule has 2 aromatic rings. The van der Waals surface area contributed by atoms with Gasteiger partial charge in [-0.2, -0.15) is 0 Å². The third-order valence-electron chi connectivity index (χ3n) is 3.27. The lowest BCUT2D eigenvalue weighted by Gasteiger charge is -2.14. The highest BCUT2D eigenvalue weighted by molar-refractivity contribution is 6.19. The van der Waals surface area contributed by atoms with Gasteiger partial charge in [0.05, 0.1) is 6.10 Å². The fourth-order valence-corrected chi connectivity index (χ4v) is 2.38. The Morgan fingerprint density at radius 3 is 2.04 bits per heavy atom. The minimum atomic E-state index is -1.39. The number of ether oxygens (including phenoxy) is 2. The van der Waals surface area contributed by atoms with Gasteiger partial charge in [-0.15, -0.1) is 0 Å². The summed E-state index contributed by atoms with van der Waals surface area (Å²) in [4.78, 5) is 22.5. The monoisotopic (exact) mass is 352 g/mol. The number of benzene rings is 2. The number of rotatable bonds is 5. The average Bonchev–Trinajstić information content (AvgIpc) is 2.48. The minimum Gasteiger partial charge on any atom is -0.426 e. The van der Waals surface area contributed by atoms with Crippen LogP contribution in [-0.4, -0.2) is 33.8 Å². The highest BCUT2D eigenvalue weighted by atomic mass is 35.5. The van der Waals surface area contributed by atoms with Gasteiger partial charge >= 0.3 is 11.9 Å². The molecular formula is C17H17ClO6. The quantitative estimate of drug-likeness (QED) is 0.486. The molecule has 0 spiro atoms. The van der Waals surface area contributed by atoms with E-state index in [1.807, 2.05) is 0 Å². The minimum absolute atomic E-state index is 0.109. The van der Waals surface area contributed by atoms with Gasteiger partial charge in [0, 0.05) is 31.0 Å². The standard InChI is InChI=1S/C17H17ClO6/c1-9(19)23-15-5-6-16(24-10(2)20)13-7-11(3-4-12(13)15)8-14(21)17(18)22/h3-7,14,17,21-22H,8H2,1-2H3. The number of aliphatic hydroxyl groups is 2.